The standard InChI is InChI=1S/C9H13NO2/c10-7-8-1-3-9(4-2-8)12-6-5-11/h1-4,11H,5-7,10H2. The molecule has 66 valence electrons. The minimum Gasteiger partial charge on any atom is -0.491 e. The van der Waals surface area contributed by atoms with E-state index in [9.17, 15) is 0 Å². The lowest BCUT2D eigenvalue weighted by Gasteiger charge is -2.03. The maximum Gasteiger partial charge on any atom is 0.119 e. The molecule has 0 amide bonds. The highest BCUT2D eigenvalue weighted by molar-refractivity contribution is 5.26. The first kappa shape index (κ1) is 9.03. The number of nitrogens with two attached hydrogens (primary N) is 1. The van der Waals surface area contributed by atoms with Crippen molar-refractivity contribution in [3.05, 3.63) is 29.8 Å². The van der Waals surface area contributed by atoms with Crippen molar-refractivity contribution in [2.75, 3.05) is 13.2 Å². The largest absolute Gasteiger partial charge is 0.491 e. The smallest absolute Gasteiger partial charge is 0.119 e. The summed E-state index contributed by atoms with van der Waals surface area (Å²) in [5.74, 6) is 0.765. The average Bonchev–Trinajstić information content (AvgIpc) is 2.15. The molecule has 12 heavy (non-hydrogen) atoms. The Kier molecular flexibility index (Phi) is 3.57. The lowest BCUT2D eigenvalue weighted by Crippen LogP contribution is -2.02. The van der Waals surface area contributed by atoms with Gasteiger partial charge in [-0.15, -0.1) is 0 Å². The quantitative estimate of drug-likeness (QED) is 0.687. The van der Waals surface area contributed by atoms with Crippen LogP contribution in [-0.4, -0.2) is 18.3 Å². The van der Waals surface area contributed by atoms with Crippen LogP contribution in [0.2, 0.25) is 0 Å². The van der Waals surface area contributed by atoms with Gasteiger partial charge < -0.3 is 15.6 Å². The summed E-state index contributed by atoms with van der Waals surface area (Å²) in [6.07, 6.45) is 0. The topological polar surface area (TPSA) is 55.5 Å². The molecule has 0 unspecified atom stereocenters. The second kappa shape index (κ2) is 4.74. The fraction of sp³-hybridized carbons (Fsp3) is 0.333. The third-order valence-electron chi connectivity index (χ3n) is 1.52. The number of rotatable bonds is 4. The van der Waals surface area contributed by atoms with E-state index >= 15 is 0 Å². The number of ether oxygens (including phenoxy) is 1. The molecule has 0 fully saturated rings. The van der Waals surface area contributed by atoms with Crippen molar-refractivity contribution in [1.82, 2.24) is 0 Å². The molecule has 0 spiro atoms. The Morgan fingerprint density at radius 3 is 2.42 bits per heavy atom. The van der Waals surface area contributed by atoms with Gasteiger partial charge in [0, 0.05) is 6.54 Å². The van der Waals surface area contributed by atoms with Gasteiger partial charge in [0.2, 0.25) is 0 Å². The van der Waals surface area contributed by atoms with E-state index in [1.807, 2.05) is 24.3 Å². The minimum atomic E-state index is 0.0403. The molecule has 0 aromatic heterocycles. The van der Waals surface area contributed by atoms with Crippen LogP contribution in [0.1, 0.15) is 5.56 Å². The second-order valence-corrected chi connectivity index (χ2v) is 2.42. The summed E-state index contributed by atoms with van der Waals surface area (Å²) in [4.78, 5) is 0. The average molecular weight is 167 g/mol. The van der Waals surface area contributed by atoms with Crippen LogP contribution in [-0.2, 0) is 6.54 Å². The van der Waals surface area contributed by atoms with Gasteiger partial charge in [0.15, 0.2) is 0 Å². The molecule has 0 saturated carbocycles. The summed E-state index contributed by atoms with van der Waals surface area (Å²) >= 11 is 0. The molecular weight excluding hydrogens is 154 g/mol. The summed E-state index contributed by atoms with van der Waals surface area (Å²) in [5, 5.41) is 8.48. The summed E-state index contributed by atoms with van der Waals surface area (Å²) in [7, 11) is 0. The zero-order valence-electron chi connectivity index (χ0n) is 6.86. The Hall–Kier alpha value is -1.06. The van der Waals surface area contributed by atoms with Gasteiger partial charge >= 0.3 is 0 Å². The highest BCUT2D eigenvalue weighted by Crippen LogP contribution is 2.11. The molecule has 0 atom stereocenters. The van der Waals surface area contributed by atoms with Gasteiger partial charge in [-0.2, -0.15) is 0 Å². The molecule has 0 saturated heterocycles. The molecule has 1 rings (SSSR count). The lowest BCUT2D eigenvalue weighted by molar-refractivity contribution is 0.201. The van der Waals surface area contributed by atoms with Gasteiger partial charge in [0.25, 0.3) is 0 Å². The molecule has 3 N–H and O–H groups in total. The summed E-state index contributed by atoms with van der Waals surface area (Å²) in [6.45, 7) is 0.918. The van der Waals surface area contributed by atoms with Gasteiger partial charge in [-0.25, -0.2) is 0 Å². The van der Waals surface area contributed by atoms with Crippen LogP contribution in [0.25, 0.3) is 0 Å². The SMILES string of the molecule is NCc1ccc(OCCO)cc1. The highest BCUT2D eigenvalue weighted by atomic mass is 16.5. The Labute approximate surface area is 71.8 Å². The van der Waals surface area contributed by atoms with Crippen molar-refractivity contribution in [2.45, 2.75) is 6.54 Å². The number of hydrogen-bond acceptors (Lipinski definition) is 3. The molecular formula is C9H13NO2. The Bertz CT molecular complexity index is 220. The fourth-order valence-electron chi connectivity index (χ4n) is 0.885. The molecule has 0 aliphatic rings. The molecule has 0 aliphatic carbocycles. The van der Waals surface area contributed by atoms with Gasteiger partial charge in [0.1, 0.15) is 12.4 Å². The highest BCUT2D eigenvalue weighted by Gasteiger charge is 1.92. The van der Waals surface area contributed by atoms with Crippen molar-refractivity contribution in [2.24, 2.45) is 5.73 Å². The zero-order valence-corrected chi connectivity index (χ0v) is 6.86. The van der Waals surface area contributed by atoms with Gasteiger partial charge in [-0.1, -0.05) is 12.1 Å². The van der Waals surface area contributed by atoms with Crippen LogP contribution in [0, 0.1) is 0 Å². The van der Waals surface area contributed by atoms with E-state index in [4.69, 9.17) is 15.6 Å². The molecule has 0 radical (unpaired) electrons. The van der Waals surface area contributed by atoms with Crippen molar-refractivity contribution >= 4 is 0 Å². The molecule has 0 heterocycles. The van der Waals surface area contributed by atoms with Crippen molar-refractivity contribution in [1.29, 1.82) is 0 Å². The summed E-state index contributed by atoms with van der Waals surface area (Å²) < 4.78 is 5.16. The zero-order chi connectivity index (χ0) is 8.81. The van der Waals surface area contributed by atoms with E-state index in [1.165, 1.54) is 0 Å². The van der Waals surface area contributed by atoms with Gasteiger partial charge in [-0.05, 0) is 17.7 Å². The van der Waals surface area contributed by atoms with Crippen LogP contribution < -0.4 is 10.5 Å². The van der Waals surface area contributed by atoms with Gasteiger partial charge in [0.05, 0.1) is 6.61 Å². The van der Waals surface area contributed by atoms with Crippen LogP contribution >= 0.6 is 0 Å². The van der Waals surface area contributed by atoms with Crippen LogP contribution in [0.4, 0.5) is 0 Å². The molecule has 1 aromatic rings. The number of benzene rings is 1. The van der Waals surface area contributed by atoms with E-state index < -0.39 is 0 Å². The van der Waals surface area contributed by atoms with Crippen LogP contribution in [0.15, 0.2) is 24.3 Å². The summed E-state index contributed by atoms with van der Waals surface area (Å²) in [6, 6.07) is 7.51. The van der Waals surface area contributed by atoms with E-state index in [0.717, 1.165) is 11.3 Å². The van der Waals surface area contributed by atoms with E-state index in [1.54, 1.807) is 0 Å². The van der Waals surface area contributed by atoms with E-state index in [0.29, 0.717) is 13.2 Å². The van der Waals surface area contributed by atoms with Crippen molar-refractivity contribution in [3.63, 3.8) is 0 Å². The molecule has 1 aromatic carbocycles. The third kappa shape index (κ3) is 2.53. The second-order valence-electron chi connectivity index (χ2n) is 2.42. The fourth-order valence-corrected chi connectivity index (χ4v) is 0.885. The molecule has 3 heteroatoms. The predicted molar refractivity (Wildman–Crippen MR) is 46.9 cm³/mol. The normalized spacial score (nSPS) is 9.83. The number of aliphatic hydroxyl groups excluding tert-OH is 1. The monoisotopic (exact) mass is 167 g/mol. The molecule has 3 nitrogen and oxygen atoms in total. The summed E-state index contributed by atoms with van der Waals surface area (Å²) in [5.41, 5.74) is 6.49. The number of hydrogen-bond donors (Lipinski definition) is 2. The first-order valence-electron chi connectivity index (χ1n) is 3.89. The molecule has 0 aliphatic heterocycles. The molecule has 0 bridgehead atoms. The third-order valence-corrected chi connectivity index (χ3v) is 1.52. The van der Waals surface area contributed by atoms with Gasteiger partial charge in [-0.3, -0.25) is 0 Å². The first-order valence-corrected chi connectivity index (χ1v) is 3.89. The van der Waals surface area contributed by atoms with Crippen molar-refractivity contribution in [3.8, 4) is 5.75 Å². The van der Waals surface area contributed by atoms with Crippen LogP contribution in [0.5, 0.6) is 5.75 Å². The predicted octanol–water partition coefficient (Wildman–Crippen LogP) is 0.516. The Morgan fingerprint density at radius 1 is 1.25 bits per heavy atom. The maximum absolute atomic E-state index is 8.48. The van der Waals surface area contributed by atoms with Crippen molar-refractivity contribution < 1.29 is 9.84 Å². The Morgan fingerprint density at radius 2 is 1.92 bits per heavy atom. The Balaban J connectivity index is 2.53. The lowest BCUT2D eigenvalue weighted by atomic mass is 10.2. The van der Waals surface area contributed by atoms with Crippen LogP contribution in [0.3, 0.4) is 0 Å². The van der Waals surface area contributed by atoms with E-state index in [-0.39, 0.29) is 6.61 Å². The first-order chi connectivity index (χ1) is 5.86. The minimum absolute atomic E-state index is 0.0403. The van der Waals surface area contributed by atoms with E-state index in [2.05, 4.69) is 0 Å². The number of aliphatic hydroxyl groups is 1. The maximum atomic E-state index is 8.48.